The van der Waals surface area contributed by atoms with Crippen molar-refractivity contribution in [1.82, 2.24) is 0 Å². The maximum absolute atomic E-state index is 5.07. The summed E-state index contributed by atoms with van der Waals surface area (Å²) in [6.07, 6.45) is -0.230. The lowest BCUT2D eigenvalue weighted by molar-refractivity contribution is -0.103. The Morgan fingerprint density at radius 1 is 1.45 bits per heavy atom. The van der Waals surface area contributed by atoms with Gasteiger partial charge in [-0.2, -0.15) is 0 Å². The first-order valence-electron chi connectivity index (χ1n) is 3.07. The van der Waals surface area contributed by atoms with Crippen LogP contribution in [0.4, 0.5) is 0 Å². The average Bonchev–Trinajstić information content (AvgIpc) is 2.39. The van der Waals surface area contributed by atoms with Crippen LogP contribution in [0.5, 0.6) is 0 Å². The van der Waals surface area contributed by atoms with E-state index in [0.29, 0.717) is 0 Å². The predicted molar refractivity (Wildman–Crippen MR) is 48.8 cm³/mol. The van der Waals surface area contributed by atoms with Crippen molar-refractivity contribution in [3.63, 3.8) is 0 Å². The van der Waals surface area contributed by atoms with Crippen LogP contribution in [-0.2, 0) is 9.47 Å². The number of ether oxygens (including phenoxy) is 2. The van der Waals surface area contributed by atoms with Gasteiger partial charge in [0.25, 0.3) is 0 Å². The van der Waals surface area contributed by atoms with E-state index in [2.05, 4.69) is 15.9 Å². The van der Waals surface area contributed by atoms with E-state index < -0.39 is 0 Å². The quantitative estimate of drug-likeness (QED) is 0.752. The van der Waals surface area contributed by atoms with Crippen LogP contribution in [-0.4, -0.2) is 14.2 Å². The zero-order valence-corrected chi connectivity index (χ0v) is 8.74. The summed E-state index contributed by atoms with van der Waals surface area (Å²) >= 11 is 4.97. The first-order chi connectivity index (χ1) is 5.27. The van der Waals surface area contributed by atoms with Crippen molar-refractivity contribution in [2.45, 2.75) is 6.29 Å². The fraction of sp³-hybridized carbons (Fsp3) is 0.429. The maximum atomic E-state index is 5.07. The van der Waals surface area contributed by atoms with Crippen molar-refractivity contribution in [2.75, 3.05) is 14.2 Å². The monoisotopic (exact) mass is 236 g/mol. The highest BCUT2D eigenvalue weighted by atomic mass is 79.9. The minimum Gasteiger partial charge on any atom is -0.351 e. The van der Waals surface area contributed by atoms with Crippen molar-refractivity contribution in [2.24, 2.45) is 0 Å². The van der Waals surface area contributed by atoms with E-state index in [4.69, 9.17) is 9.47 Å². The third kappa shape index (κ3) is 2.27. The summed E-state index contributed by atoms with van der Waals surface area (Å²) in [7, 11) is 3.25. The number of thiophene rings is 1. The summed E-state index contributed by atoms with van der Waals surface area (Å²) in [6, 6.07) is 1.99. The Balaban J connectivity index is 2.73. The van der Waals surface area contributed by atoms with Crippen molar-refractivity contribution in [3.05, 3.63) is 20.8 Å². The second-order valence-corrected chi connectivity index (χ2v) is 3.83. The van der Waals surface area contributed by atoms with Gasteiger partial charge in [-0.25, -0.2) is 0 Å². The first-order valence-corrected chi connectivity index (χ1v) is 4.74. The van der Waals surface area contributed by atoms with Crippen molar-refractivity contribution < 1.29 is 9.47 Å². The molecule has 0 N–H and O–H groups in total. The molecule has 0 aliphatic carbocycles. The summed E-state index contributed by atoms with van der Waals surface area (Å²) in [5, 5.41) is 2.00. The molecule has 0 amide bonds. The molecule has 1 heterocycles. The molecule has 0 saturated heterocycles. The Hall–Kier alpha value is 0.1000. The fourth-order valence-electron chi connectivity index (χ4n) is 0.780. The lowest BCUT2D eigenvalue weighted by Crippen LogP contribution is -2.00. The summed E-state index contributed by atoms with van der Waals surface area (Å²) in [5.74, 6) is 0. The van der Waals surface area contributed by atoms with Gasteiger partial charge in [0.1, 0.15) is 0 Å². The Morgan fingerprint density at radius 3 is 2.45 bits per heavy atom. The molecule has 0 aliphatic heterocycles. The Bertz CT molecular complexity index is 220. The minimum atomic E-state index is -0.230. The second kappa shape index (κ2) is 4.21. The highest BCUT2D eigenvalue weighted by Gasteiger charge is 2.10. The topological polar surface area (TPSA) is 18.5 Å². The molecule has 62 valence electrons. The highest BCUT2D eigenvalue weighted by molar-refractivity contribution is 9.10. The number of methoxy groups -OCH3 is 2. The molecule has 0 atom stereocenters. The first kappa shape index (κ1) is 9.19. The molecule has 0 saturated carbocycles. The lowest BCUT2D eigenvalue weighted by Gasteiger charge is -2.09. The van der Waals surface area contributed by atoms with Crippen LogP contribution in [0.1, 0.15) is 11.2 Å². The van der Waals surface area contributed by atoms with Gasteiger partial charge in [0.2, 0.25) is 0 Å². The lowest BCUT2D eigenvalue weighted by atomic mass is 10.4. The molecule has 1 rings (SSSR count). The highest BCUT2D eigenvalue weighted by Crippen LogP contribution is 2.27. The van der Waals surface area contributed by atoms with Crippen LogP contribution in [0, 0.1) is 0 Å². The predicted octanol–water partition coefficient (Wildman–Crippen LogP) is 2.80. The van der Waals surface area contributed by atoms with Gasteiger partial charge < -0.3 is 9.47 Å². The van der Waals surface area contributed by atoms with Crippen LogP contribution in [0.2, 0.25) is 0 Å². The molecule has 1 aromatic rings. The summed E-state index contributed by atoms with van der Waals surface area (Å²) in [6.45, 7) is 0. The standard InChI is InChI=1S/C7H9BrO2S/c1-9-7(10-2)6-3-5(8)4-11-6/h3-4,7H,1-2H3. The van der Waals surface area contributed by atoms with E-state index in [1.807, 2.05) is 11.4 Å². The second-order valence-electron chi connectivity index (χ2n) is 1.97. The van der Waals surface area contributed by atoms with Crippen LogP contribution in [0.3, 0.4) is 0 Å². The van der Waals surface area contributed by atoms with Gasteiger partial charge in [-0.1, -0.05) is 0 Å². The largest absolute Gasteiger partial charge is 0.351 e. The van der Waals surface area contributed by atoms with Crippen LogP contribution in [0.25, 0.3) is 0 Å². The molecule has 4 heteroatoms. The molecule has 0 fully saturated rings. The van der Waals surface area contributed by atoms with E-state index in [-0.39, 0.29) is 6.29 Å². The summed E-state index contributed by atoms with van der Waals surface area (Å²) < 4.78 is 11.2. The molecule has 0 spiro atoms. The van der Waals surface area contributed by atoms with Crippen LogP contribution < -0.4 is 0 Å². The third-order valence-electron chi connectivity index (χ3n) is 1.25. The van der Waals surface area contributed by atoms with E-state index in [9.17, 15) is 0 Å². The minimum absolute atomic E-state index is 0.230. The van der Waals surface area contributed by atoms with Crippen LogP contribution in [0.15, 0.2) is 15.9 Å². The van der Waals surface area contributed by atoms with Gasteiger partial charge >= 0.3 is 0 Å². The van der Waals surface area contributed by atoms with Gasteiger partial charge in [-0.3, -0.25) is 0 Å². The van der Waals surface area contributed by atoms with Gasteiger partial charge in [0, 0.05) is 24.1 Å². The fourth-order valence-corrected chi connectivity index (χ4v) is 2.27. The molecule has 11 heavy (non-hydrogen) atoms. The average molecular weight is 237 g/mol. The molecule has 0 aliphatic rings. The van der Waals surface area contributed by atoms with Gasteiger partial charge in [-0.15, -0.1) is 11.3 Å². The number of halogens is 1. The van der Waals surface area contributed by atoms with E-state index in [1.165, 1.54) is 0 Å². The number of hydrogen-bond donors (Lipinski definition) is 0. The number of hydrogen-bond acceptors (Lipinski definition) is 3. The van der Waals surface area contributed by atoms with E-state index in [1.54, 1.807) is 25.6 Å². The third-order valence-corrected chi connectivity index (χ3v) is 2.96. The molecular weight excluding hydrogens is 228 g/mol. The molecule has 1 aromatic heterocycles. The maximum Gasteiger partial charge on any atom is 0.192 e. The zero-order chi connectivity index (χ0) is 8.27. The van der Waals surface area contributed by atoms with Gasteiger partial charge in [0.15, 0.2) is 6.29 Å². The molecule has 0 radical (unpaired) electrons. The normalized spacial score (nSPS) is 10.9. The van der Waals surface area contributed by atoms with Crippen molar-refractivity contribution in [3.8, 4) is 0 Å². The molecule has 0 unspecified atom stereocenters. The van der Waals surface area contributed by atoms with E-state index >= 15 is 0 Å². The van der Waals surface area contributed by atoms with Gasteiger partial charge in [0.05, 0.1) is 4.88 Å². The van der Waals surface area contributed by atoms with Crippen molar-refractivity contribution in [1.29, 1.82) is 0 Å². The Morgan fingerprint density at radius 2 is 2.09 bits per heavy atom. The van der Waals surface area contributed by atoms with E-state index in [0.717, 1.165) is 9.35 Å². The summed E-state index contributed by atoms with van der Waals surface area (Å²) in [4.78, 5) is 1.07. The Kier molecular flexibility index (Phi) is 3.51. The molecule has 0 aromatic carbocycles. The molecule has 2 nitrogen and oxygen atoms in total. The smallest absolute Gasteiger partial charge is 0.192 e. The molecule has 0 bridgehead atoms. The van der Waals surface area contributed by atoms with Crippen LogP contribution >= 0.6 is 27.3 Å². The SMILES string of the molecule is COC(OC)c1cc(Br)cs1. The zero-order valence-electron chi connectivity index (χ0n) is 6.33. The van der Waals surface area contributed by atoms with Crippen molar-refractivity contribution >= 4 is 27.3 Å². The molecular formula is C7H9BrO2S. The summed E-state index contributed by atoms with van der Waals surface area (Å²) in [5.41, 5.74) is 0. The Labute approximate surface area is 78.3 Å². The number of rotatable bonds is 3. The van der Waals surface area contributed by atoms with Gasteiger partial charge in [-0.05, 0) is 22.0 Å².